The predicted octanol–water partition coefficient (Wildman–Crippen LogP) is 4.42. The zero-order valence-corrected chi connectivity index (χ0v) is 26.2. The van der Waals surface area contributed by atoms with E-state index in [-0.39, 0.29) is 43.0 Å². The van der Waals surface area contributed by atoms with Crippen molar-refractivity contribution in [1.82, 2.24) is 15.7 Å². The van der Waals surface area contributed by atoms with E-state index in [4.69, 9.17) is 15.0 Å². The number of ether oxygens (including phenoxy) is 1. The van der Waals surface area contributed by atoms with Crippen molar-refractivity contribution in [3.8, 4) is 0 Å². The Morgan fingerprint density at radius 2 is 1.61 bits per heavy atom. The fourth-order valence-electron chi connectivity index (χ4n) is 4.74. The summed E-state index contributed by atoms with van der Waals surface area (Å²) in [5, 5.41) is 9.47. The maximum atomic E-state index is 12.3. The Labute approximate surface area is 245 Å². The number of nitrogens with two attached hydrogens (primary N) is 1. The van der Waals surface area contributed by atoms with Gasteiger partial charge in [0.25, 0.3) is 0 Å². The van der Waals surface area contributed by atoms with Gasteiger partial charge in [-0.3, -0.25) is 9.13 Å². The first-order valence-corrected chi connectivity index (χ1v) is 18.4. The number of hydrogen-bond donors (Lipinski definition) is 4. The molecule has 1 unspecified atom stereocenters. The molecule has 0 radical (unpaired) electrons. The maximum absolute atomic E-state index is 12.3. The lowest BCUT2D eigenvalue weighted by molar-refractivity contribution is 0.0168. The van der Waals surface area contributed by atoms with E-state index in [1.54, 1.807) is 0 Å². The van der Waals surface area contributed by atoms with E-state index in [0.717, 1.165) is 29.7 Å². The summed E-state index contributed by atoms with van der Waals surface area (Å²) in [5.41, 5.74) is 4.80. The molecular weight excluding hydrogens is 571 g/mol. The third-order valence-corrected chi connectivity index (χ3v) is 10.3. The van der Waals surface area contributed by atoms with Gasteiger partial charge in [-0.15, -0.1) is 0 Å². The second kappa shape index (κ2) is 20.5. The number of nitrogen functional groups attached to an aromatic ring is 1. The Morgan fingerprint density at radius 3 is 2.17 bits per heavy atom. The van der Waals surface area contributed by atoms with Crippen LogP contribution in [0.3, 0.4) is 0 Å². The van der Waals surface area contributed by atoms with Crippen LogP contribution in [-0.2, 0) is 30.2 Å². The molecular formula is C27H53N4O8PS. The van der Waals surface area contributed by atoms with Crippen molar-refractivity contribution in [2.45, 2.75) is 109 Å². The average Bonchev–Trinajstić information content (AvgIpc) is 2.87. The molecule has 0 bridgehead atoms. The molecule has 14 heteroatoms. The molecule has 240 valence electrons. The van der Waals surface area contributed by atoms with Crippen LogP contribution in [0.5, 0.6) is 0 Å². The number of hydrogen-bond acceptors (Lipinski definition) is 10. The zero-order chi connectivity index (χ0) is 29.3. The van der Waals surface area contributed by atoms with Crippen molar-refractivity contribution < 1.29 is 32.2 Å². The van der Waals surface area contributed by atoms with Crippen LogP contribution in [0.15, 0.2) is 17.1 Å². The maximum Gasteiger partial charge on any atom is 0.353 e. The molecule has 2 atom stereocenters. The highest BCUT2D eigenvalue weighted by molar-refractivity contribution is 7.91. The SMILES string of the molecule is N.Nc1ccn(C[C@@H](CO)OCP(=O)(O)OCCCS(=O)(=O)CCCCCCCCCCCCC2CCC2)c(=O)n1. The van der Waals surface area contributed by atoms with E-state index >= 15 is 0 Å². The third-order valence-electron chi connectivity index (χ3n) is 7.41. The first kappa shape index (κ1) is 37.7. The Hall–Kier alpha value is -1.34. The quantitative estimate of drug-likeness (QED) is 0.0935. The van der Waals surface area contributed by atoms with Crippen molar-refractivity contribution in [2.24, 2.45) is 5.92 Å². The molecule has 41 heavy (non-hydrogen) atoms. The summed E-state index contributed by atoms with van der Waals surface area (Å²) in [6.07, 6.45) is 17.2. The minimum Gasteiger partial charge on any atom is -0.394 e. The Kier molecular flexibility index (Phi) is 18.9. The number of sulfone groups is 1. The third kappa shape index (κ3) is 17.4. The molecule has 2 rings (SSSR count). The molecule has 1 saturated carbocycles. The number of aromatic nitrogens is 2. The van der Waals surface area contributed by atoms with Crippen molar-refractivity contribution in [3.63, 3.8) is 0 Å². The van der Waals surface area contributed by atoms with Gasteiger partial charge in [-0.2, -0.15) is 4.98 Å². The predicted molar refractivity (Wildman–Crippen MR) is 162 cm³/mol. The van der Waals surface area contributed by atoms with Crippen molar-refractivity contribution in [3.05, 3.63) is 22.7 Å². The number of aliphatic hydroxyl groups excluding tert-OH is 1. The number of aliphatic hydroxyl groups is 1. The normalized spacial score (nSPS) is 16.0. The van der Waals surface area contributed by atoms with Gasteiger partial charge < -0.3 is 31.1 Å². The molecule has 1 aliphatic rings. The van der Waals surface area contributed by atoms with Gasteiger partial charge in [0.1, 0.15) is 22.0 Å². The van der Waals surface area contributed by atoms with Gasteiger partial charge >= 0.3 is 13.3 Å². The fraction of sp³-hybridized carbons (Fsp3) is 0.852. The molecule has 1 fully saturated rings. The minimum atomic E-state index is -4.17. The van der Waals surface area contributed by atoms with E-state index in [9.17, 15) is 27.8 Å². The first-order chi connectivity index (χ1) is 19.1. The topological polar surface area (TPSA) is 206 Å². The fourth-order valence-corrected chi connectivity index (χ4v) is 7.03. The van der Waals surface area contributed by atoms with Crippen LogP contribution in [0, 0.1) is 5.92 Å². The Bertz CT molecular complexity index is 1050. The number of rotatable bonds is 24. The summed E-state index contributed by atoms with van der Waals surface area (Å²) in [6.45, 7) is -0.807. The van der Waals surface area contributed by atoms with Crippen molar-refractivity contribution >= 4 is 23.3 Å². The van der Waals surface area contributed by atoms with Crippen LogP contribution in [0.2, 0.25) is 0 Å². The molecule has 0 aromatic carbocycles. The van der Waals surface area contributed by atoms with Crippen LogP contribution in [0.1, 0.15) is 96.3 Å². The standard InChI is InChI=1S/C27H50N3O8PS.H3N/c28-26-16-17-30(27(32)29-26)21-25(22-31)37-23-39(33,34)38-18-12-20-40(35,36)19-10-8-6-4-2-1-3-5-7-9-13-24-14-11-15-24;/h16-17,24-25,31H,1-15,18-23H2,(H,33,34)(H2,28,29,32);1H3/t25-;/m0./s1. The molecule has 0 aliphatic heterocycles. The molecule has 1 heterocycles. The number of unbranched alkanes of at least 4 members (excludes halogenated alkanes) is 9. The van der Waals surface area contributed by atoms with E-state index in [2.05, 4.69) is 4.98 Å². The van der Waals surface area contributed by atoms with Crippen LogP contribution in [0.25, 0.3) is 0 Å². The van der Waals surface area contributed by atoms with Crippen molar-refractivity contribution in [2.75, 3.05) is 36.8 Å². The zero-order valence-electron chi connectivity index (χ0n) is 24.5. The van der Waals surface area contributed by atoms with Gasteiger partial charge in [-0.05, 0) is 24.8 Å². The van der Waals surface area contributed by atoms with Gasteiger partial charge in [0.15, 0.2) is 0 Å². The Balaban J connectivity index is 0.00000840. The number of nitrogens with zero attached hydrogens (tertiary/aromatic N) is 2. The molecule has 1 aliphatic carbocycles. The van der Waals surface area contributed by atoms with Gasteiger partial charge in [0, 0.05) is 6.20 Å². The highest BCUT2D eigenvalue weighted by atomic mass is 32.2. The van der Waals surface area contributed by atoms with Gasteiger partial charge in [-0.1, -0.05) is 83.5 Å². The molecule has 7 N–H and O–H groups in total. The van der Waals surface area contributed by atoms with E-state index in [1.807, 2.05) is 0 Å². The lowest BCUT2D eigenvalue weighted by Crippen LogP contribution is -2.32. The summed E-state index contributed by atoms with van der Waals surface area (Å²) >= 11 is 0. The highest BCUT2D eigenvalue weighted by Crippen LogP contribution is 2.42. The minimum absolute atomic E-state index is 0. The molecule has 1 aromatic heterocycles. The van der Waals surface area contributed by atoms with Crippen LogP contribution >= 0.6 is 7.60 Å². The summed E-state index contributed by atoms with van der Waals surface area (Å²) in [5.74, 6) is 1.08. The van der Waals surface area contributed by atoms with Gasteiger partial charge in [-0.25, -0.2) is 13.2 Å². The summed E-state index contributed by atoms with van der Waals surface area (Å²) in [4.78, 5) is 25.3. The highest BCUT2D eigenvalue weighted by Gasteiger charge is 2.23. The molecule has 12 nitrogen and oxygen atoms in total. The molecule has 1 aromatic rings. The summed E-state index contributed by atoms with van der Waals surface area (Å²) < 4.78 is 48.2. The van der Waals surface area contributed by atoms with E-state index in [1.165, 1.54) is 76.5 Å². The first-order valence-electron chi connectivity index (χ1n) is 14.8. The van der Waals surface area contributed by atoms with Gasteiger partial charge in [0.05, 0.1) is 37.4 Å². The van der Waals surface area contributed by atoms with Gasteiger partial charge in [0.2, 0.25) is 0 Å². The van der Waals surface area contributed by atoms with Crippen LogP contribution < -0.4 is 17.6 Å². The lowest BCUT2D eigenvalue weighted by Gasteiger charge is -2.24. The second-order valence-electron chi connectivity index (χ2n) is 11.0. The summed E-state index contributed by atoms with van der Waals surface area (Å²) in [6, 6.07) is 1.41. The molecule has 0 amide bonds. The van der Waals surface area contributed by atoms with Crippen LogP contribution in [0.4, 0.5) is 5.82 Å². The second-order valence-corrected chi connectivity index (χ2v) is 15.1. The largest absolute Gasteiger partial charge is 0.394 e. The van der Waals surface area contributed by atoms with Crippen LogP contribution in [-0.4, -0.2) is 65.1 Å². The number of anilines is 1. The molecule has 0 spiro atoms. The lowest BCUT2D eigenvalue weighted by atomic mass is 9.81. The van der Waals surface area contributed by atoms with E-state index < -0.39 is 42.2 Å². The molecule has 0 saturated heterocycles. The smallest absolute Gasteiger partial charge is 0.353 e. The monoisotopic (exact) mass is 624 g/mol. The van der Waals surface area contributed by atoms with Crippen molar-refractivity contribution in [1.29, 1.82) is 0 Å². The summed E-state index contributed by atoms with van der Waals surface area (Å²) in [7, 11) is -7.42. The van der Waals surface area contributed by atoms with E-state index in [0.29, 0.717) is 6.42 Å². The average molecular weight is 625 g/mol. The Morgan fingerprint density at radius 1 is 1.02 bits per heavy atom.